The Balaban J connectivity index is 1.63. The van der Waals surface area contributed by atoms with Gasteiger partial charge >= 0.3 is 0 Å². The molecule has 1 aliphatic heterocycles. The van der Waals surface area contributed by atoms with Crippen LogP contribution in [0.3, 0.4) is 0 Å². The lowest BCUT2D eigenvalue weighted by molar-refractivity contribution is 0.0761. The summed E-state index contributed by atoms with van der Waals surface area (Å²) in [4.78, 5) is 21.4. The highest BCUT2D eigenvalue weighted by molar-refractivity contribution is 6.35. The van der Waals surface area contributed by atoms with E-state index in [1.54, 1.807) is 18.2 Å². The summed E-state index contributed by atoms with van der Waals surface area (Å²) in [6.45, 7) is 9.94. The summed E-state index contributed by atoms with van der Waals surface area (Å²) in [5.41, 5.74) is 0.406. The summed E-state index contributed by atoms with van der Waals surface area (Å²) in [5, 5.41) is 0.942. The van der Waals surface area contributed by atoms with Crippen LogP contribution in [0.25, 0.3) is 0 Å². The van der Waals surface area contributed by atoms with Crippen molar-refractivity contribution in [1.82, 2.24) is 14.8 Å². The van der Waals surface area contributed by atoms with Gasteiger partial charge in [-0.2, -0.15) is 0 Å². The number of oxazole rings is 1. The monoisotopic (exact) mass is 409 g/mol. The number of carbonyl (C=O) groups excluding carboxylic acids is 1. The molecule has 0 unspecified atom stereocenters. The molecule has 2 heterocycles. The standard InChI is InChI=1S/C20H25Cl2N3O2/c1-20(2,3)17-12-23-18(27-17)13-24-7-4-8-25(10-9-24)19(26)15-11-14(21)5-6-16(15)22/h5-6,11-12H,4,7-10,13H2,1-3H3. The second-order valence-electron chi connectivity index (χ2n) is 7.91. The Labute approximate surface area is 170 Å². The van der Waals surface area contributed by atoms with E-state index in [2.05, 4.69) is 30.7 Å². The second kappa shape index (κ2) is 8.21. The number of halogens is 2. The van der Waals surface area contributed by atoms with Crippen LogP contribution in [0.5, 0.6) is 0 Å². The molecular formula is C20H25Cl2N3O2. The lowest BCUT2D eigenvalue weighted by Gasteiger charge is -2.22. The van der Waals surface area contributed by atoms with Gasteiger partial charge in [0.05, 0.1) is 23.3 Å². The van der Waals surface area contributed by atoms with Crippen LogP contribution in [0, 0.1) is 0 Å². The number of hydrogen-bond acceptors (Lipinski definition) is 4. The molecule has 1 fully saturated rings. The summed E-state index contributed by atoms with van der Waals surface area (Å²) in [7, 11) is 0. The van der Waals surface area contributed by atoms with Gasteiger partial charge in [-0.3, -0.25) is 9.69 Å². The van der Waals surface area contributed by atoms with Gasteiger partial charge in [0.2, 0.25) is 5.89 Å². The smallest absolute Gasteiger partial charge is 0.255 e. The third-order valence-electron chi connectivity index (χ3n) is 4.69. The molecule has 7 heteroatoms. The van der Waals surface area contributed by atoms with Crippen molar-refractivity contribution >= 4 is 29.1 Å². The topological polar surface area (TPSA) is 49.6 Å². The molecule has 1 aromatic heterocycles. The van der Waals surface area contributed by atoms with Crippen LogP contribution in [0.1, 0.15) is 49.2 Å². The average Bonchev–Trinajstić information content (AvgIpc) is 2.96. The first-order valence-electron chi connectivity index (χ1n) is 9.16. The highest BCUT2D eigenvalue weighted by Crippen LogP contribution is 2.24. The van der Waals surface area contributed by atoms with Crippen LogP contribution in [-0.2, 0) is 12.0 Å². The maximum atomic E-state index is 12.8. The first-order valence-corrected chi connectivity index (χ1v) is 9.91. The Morgan fingerprint density at radius 2 is 1.96 bits per heavy atom. The van der Waals surface area contributed by atoms with Crippen LogP contribution in [-0.4, -0.2) is 46.9 Å². The van der Waals surface area contributed by atoms with E-state index in [-0.39, 0.29) is 11.3 Å². The van der Waals surface area contributed by atoms with Gasteiger partial charge in [0, 0.05) is 36.6 Å². The molecule has 1 saturated heterocycles. The SMILES string of the molecule is CC(C)(C)c1cnc(CN2CCCN(C(=O)c3cc(Cl)ccc3Cl)CC2)o1. The number of nitrogens with zero attached hydrogens (tertiary/aromatic N) is 3. The normalized spacial score (nSPS) is 16.4. The molecule has 0 atom stereocenters. The van der Waals surface area contributed by atoms with Crippen molar-refractivity contribution in [2.45, 2.75) is 39.2 Å². The first-order chi connectivity index (χ1) is 12.7. The van der Waals surface area contributed by atoms with Gasteiger partial charge in [-0.05, 0) is 24.6 Å². The Morgan fingerprint density at radius 3 is 2.67 bits per heavy atom. The minimum atomic E-state index is -0.0736. The quantitative estimate of drug-likeness (QED) is 0.741. The molecule has 1 aromatic carbocycles. The van der Waals surface area contributed by atoms with Crippen molar-refractivity contribution in [3.8, 4) is 0 Å². The van der Waals surface area contributed by atoms with Gasteiger partial charge in [-0.25, -0.2) is 4.98 Å². The van der Waals surface area contributed by atoms with Gasteiger partial charge in [-0.1, -0.05) is 44.0 Å². The summed E-state index contributed by atoms with van der Waals surface area (Å²) in [6.07, 6.45) is 2.70. The largest absolute Gasteiger partial charge is 0.444 e. The average molecular weight is 410 g/mol. The van der Waals surface area contributed by atoms with Gasteiger partial charge in [0.1, 0.15) is 5.76 Å². The fourth-order valence-corrected chi connectivity index (χ4v) is 3.46. The number of amides is 1. The first kappa shape index (κ1) is 20.2. The molecule has 27 heavy (non-hydrogen) atoms. The Kier molecular flexibility index (Phi) is 6.14. The molecule has 0 N–H and O–H groups in total. The lowest BCUT2D eigenvalue weighted by Crippen LogP contribution is -2.35. The van der Waals surface area contributed by atoms with Crippen molar-refractivity contribution in [2.75, 3.05) is 26.2 Å². The van der Waals surface area contributed by atoms with E-state index in [9.17, 15) is 4.79 Å². The second-order valence-corrected chi connectivity index (χ2v) is 8.76. The summed E-state index contributed by atoms with van der Waals surface area (Å²) < 4.78 is 5.90. The summed E-state index contributed by atoms with van der Waals surface area (Å²) in [6, 6.07) is 4.99. The highest BCUT2D eigenvalue weighted by Gasteiger charge is 2.24. The Hall–Kier alpha value is -1.56. The van der Waals surface area contributed by atoms with Crippen LogP contribution < -0.4 is 0 Å². The van der Waals surface area contributed by atoms with Crippen molar-refractivity contribution < 1.29 is 9.21 Å². The third kappa shape index (κ3) is 5.03. The fraction of sp³-hybridized carbons (Fsp3) is 0.500. The minimum absolute atomic E-state index is 0.0521. The molecule has 0 aliphatic carbocycles. The number of benzene rings is 1. The van der Waals surface area contributed by atoms with Crippen molar-refractivity contribution in [3.63, 3.8) is 0 Å². The van der Waals surface area contributed by atoms with E-state index in [1.165, 1.54) is 0 Å². The number of hydrogen-bond donors (Lipinski definition) is 0. The fourth-order valence-electron chi connectivity index (χ4n) is 3.09. The van der Waals surface area contributed by atoms with E-state index in [0.717, 1.165) is 31.2 Å². The molecule has 5 nitrogen and oxygen atoms in total. The van der Waals surface area contributed by atoms with E-state index in [4.69, 9.17) is 27.6 Å². The van der Waals surface area contributed by atoms with Crippen LogP contribution >= 0.6 is 23.2 Å². The van der Waals surface area contributed by atoms with Crippen LogP contribution in [0.4, 0.5) is 0 Å². The molecule has 0 radical (unpaired) electrons. The van der Waals surface area contributed by atoms with E-state index in [0.29, 0.717) is 35.2 Å². The molecular weight excluding hydrogens is 385 g/mol. The molecule has 1 aliphatic rings. The summed E-state index contributed by atoms with van der Waals surface area (Å²) in [5.74, 6) is 1.54. The Bertz CT molecular complexity index is 814. The van der Waals surface area contributed by atoms with Crippen LogP contribution in [0.15, 0.2) is 28.8 Å². The lowest BCUT2D eigenvalue weighted by atomic mass is 9.94. The van der Waals surface area contributed by atoms with Gasteiger partial charge < -0.3 is 9.32 Å². The van der Waals surface area contributed by atoms with Crippen LogP contribution in [0.2, 0.25) is 10.0 Å². The predicted octanol–water partition coefficient (Wildman–Crippen LogP) is 4.63. The van der Waals surface area contributed by atoms with E-state index in [1.807, 2.05) is 11.1 Å². The highest BCUT2D eigenvalue weighted by atomic mass is 35.5. The van der Waals surface area contributed by atoms with Gasteiger partial charge in [0.15, 0.2) is 0 Å². The Morgan fingerprint density at radius 1 is 1.19 bits per heavy atom. The van der Waals surface area contributed by atoms with Crippen molar-refractivity contribution in [1.29, 1.82) is 0 Å². The zero-order valence-electron chi connectivity index (χ0n) is 16.0. The molecule has 1 amide bonds. The van der Waals surface area contributed by atoms with Gasteiger partial charge in [-0.15, -0.1) is 0 Å². The van der Waals surface area contributed by atoms with E-state index >= 15 is 0 Å². The maximum Gasteiger partial charge on any atom is 0.255 e. The number of aromatic nitrogens is 1. The third-order valence-corrected chi connectivity index (χ3v) is 5.25. The molecule has 3 rings (SSSR count). The molecule has 0 saturated carbocycles. The molecule has 146 valence electrons. The minimum Gasteiger partial charge on any atom is -0.444 e. The predicted molar refractivity (Wildman–Crippen MR) is 107 cm³/mol. The zero-order valence-corrected chi connectivity index (χ0v) is 17.5. The van der Waals surface area contributed by atoms with E-state index < -0.39 is 0 Å². The molecule has 0 spiro atoms. The molecule has 2 aromatic rings. The van der Waals surface area contributed by atoms with Crippen molar-refractivity contribution in [3.05, 3.63) is 51.7 Å². The number of carbonyl (C=O) groups is 1. The van der Waals surface area contributed by atoms with Gasteiger partial charge in [0.25, 0.3) is 5.91 Å². The zero-order chi connectivity index (χ0) is 19.6. The van der Waals surface area contributed by atoms with Crippen molar-refractivity contribution in [2.24, 2.45) is 0 Å². The number of rotatable bonds is 3. The summed E-state index contributed by atoms with van der Waals surface area (Å²) >= 11 is 12.2. The maximum absolute atomic E-state index is 12.8. The molecule has 0 bridgehead atoms.